The smallest absolute Gasteiger partial charge is 0 e. The van der Waals surface area contributed by atoms with Gasteiger partial charge in [0.2, 0.25) is 0 Å². The summed E-state index contributed by atoms with van der Waals surface area (Å²) in [5, 5.41) is 0. The number of rotatable bonds is 2. The van der Waals surface area contributed by atoms with Crippen LogP contribution in [-0.2, 0) is 53.8 Å². The molecule has 67 valence electrons. The molecule has 1 radical (unpaired) electrons. The minimum absolute atomic E-state index is 0. The molecule has 0 N–H and O–H groups in total. The Bertz CT molecular complexity index is 128. The van der Waals surface area contributed by atoms with Crippen LogP contribution in [0.5, 0.6) is 0 Å². The summed E-state index contributed by atoms with van der Waals surface area (Å²) in [6, 6.07) is 0. The molecule has 12 heavy (non-hydrogen) atoms. The molecule has 0 spiro atoms. The maximum absolute atomic E-state index is 5.26. The van der Waals surface area contributed by atoms with Crippen molar-refractivity contribution in [2.45, 2.75) is 20.8 Å². The molecule has 0 unspecified atom stereocenters. The maximum atomic E-state index is 5.26. The SMILES string of the molecule is C[CH-]C.[CH-]=C(C)C(=C)[C-]=C.[W].[Y]. The average molecular weight is 408 g/mol. The summed E-state index contributed by atoms with van der Waals surface area (Å²) in [7, 11) is 0. The second-order valence-corrected chi connectivity index (χ2v) is 1.92. The van der Waals surface area contributed by atoms with E-state index >= 15 is 0 Å². The van der Waals surface area contributed by atoms with Gasteiger partial charge in [0.25, 0.3) is 0 Å². The van der Waals surface area contributed by atoms with Gasteiger partial charge in [-0.3, -0.25) is 12.7 Å². The Kier molecular flexibility index (Phi) is 34.6. The maximum Gasteiger partial charge on any atom is 0 e. The Balaban J connectivity index is -0.0000000569. The third-order valence-corrected chi connectivity index (χ3v) is 0.689. The molecule has 0 saturated heterocycles. The summed E-state index contributed by atoms with van der Waals surface area (Å²) in [5.41, 5.74) is 1.36. The fourth-order valence-electron chi connectivity index (χ4n) is 0.139. The Morgan fingerprint density at radius 2 is 1.67 bits per heavy atom. The first-order chi connectivity index (χ1) is 4.59. The quantitative estimate of drug-likeness (QED) is 0.487. The van der Waals surface area contributed by atoms with Gasteiger partial charge in [0.1, 0.15) is 0 Å². The van der Waals surface area contributed by atoms with E-state index in [1.807, 2.05) is 20.3 Å². The first-order valence-electron chi connectivity index (χ1n) is 3.15. The Morgan fingerprint density at radius 1 is 1.42 bits per heavy atom. The summed E-state index contributed by atoms with van der Waals surface area (Å²) in [5.74, 6) is 0. The van der Waals surface area contributed by atoms with Crippen molar-refractivity contribution in [3.05, 3.63) is 43.4 Å². The molecule has 0 heterocycles. The van der Waals surface area contributed by atoms with E-state index < -0.39 is 0 Å². The van der Waals surface area contributed by atoms with Crippen molar-refractivity contribution in [2.75, 3.05) is 0 Å². The standard InChI is InChI=1S/C7H8.C3H7.W.Y/c1-5-7(4)6(2)3;1-3-2;;/h2H,1,4H2,3H3;3H,1-2H3;;/q-2;-1;;. The molecule has 0 aliphatic carbocycles. The first-order valence-corrected chi connectivity index (χ1v) is 3.15. The second-order valence-electron chi connectivity index (χ2n) is 1.92. The summed E-state index contributed by atoms with van der Waals surface area (Å²) >= 11 is 0. The van der Waals surface area contributed by atoms with Gasteiger partial charge in [-0.05, 0) is 0 Å². The first kappa shape index (κ1) is 23.1. The van der Waals surface area contributed by atoms with Crippen LogP contribution in [0.1, 0.15) is 20.8 Å². The zero-order chi connectivity index (χ0) is 8.57. The normalized spacial score (nSPS) is 5.92. The van der Waals surface area contributed by atoms with Crippen LogP contribution < -0.4 is 0 Å². The van der Waals surface area contributed by atoms with Gasteiger partial charge in [-0.25, -0.2) is 0 Å². The third kappa shape index (κ3) is 22.5. The summed E-state index contributed by atoms with van der Waals surface area (Å²) in [6.45, 7) is 17.9. The van der Waals surface area contributed by atoms with Gasteiger partial charge in [-0.1, -0.05) is 0 Å². The van der Waals surface area contributed by atoms with E-state index in [0.717, 1.165) is 0 Å². The van der Waals surface area contributed by atoms with E-state index in [2.05, 4.69) is 19.2 Å². The van der Waals surface area contributed by atoms with Gasteiger partial charge in [-0.2, -0.15) is 20.4 Å². The van der Waals surface area contributed by atoms with E-state index in [9.17, 15) is 0 Å². The van der Waals surface area contributed by atoms with Gasteiger partial charge < -0.3 is 24.1 Å². The summed E-state index contributed by atoms with van der Waals surface area (Å²) in [4.78, 5) is 0. The largest absolute Gasteiger partial charge is 0.358 e. The van der Waals surface area contributed by atoms with Crippen molar-refractivity contribution in [2.24, 2.45) is 0 Å². The van der Waals surface area contributed by atoms with E-state index in [-0.39, 0.29) is 53.8 Å². The van der Waals surface area contributed by atoms with Gasteiger partial charge >= 0.3 is 0 Å². The number of hydrogen-bond donors (Lipinski definition) is 0. The van der Waals surface area contributed by atoms with Crippen LogP contribution in [0.3, 0.4) is 0 Å². The van der Waals surface area contributed by atoms with Crippen molar-refractivity contribution in [3.63, 3.8) is 0 Å². The molecule has 0 aliphatic heterocycles. The van der Waals surface area contributed by atoms with Crippen LogP contribution in [-0.4, -0.2) is 0 Å². The molecular weight excluding hydrogens is 393 g/mol. The molecule has 0 aromatic carbocycles. The van der Waals surface area contributed by atoms with Gasteiger partial charge in [0, 0.05) is 53.8 Å². The molecule has 0 nitrogen and oxygen atoms in total. The molecule has 0 aromatic rings. The van der Waals surface area contributed by atoms with Gasteiger partial charge in [0.05, 0.1) is 0 Å². The van der Waals surface area contributed by atoms with Crippen molar-refractivity contribution < 1.29 is 53.8 Å². The molecule has 0 amide bonds. The summed E-state index contributed by atoms with van der Waals surface area (Å²) in [6.07, 6.45) is 4.56. The molecule has 2 heteroatoms. The van der Waals surface area contributed by atoms with Crippen LogP contribution >= 0.6 is 0 Å². The number of hydrogen-bond acceptors (Lipinski definition) is 0. The molecule has 0 aromatic heterocycles. The molecule has 0 aliphatic rings. The minimum Gasteiger partial charge on any atom is -0.358 e. The number of allylic oxidation sites excluding steroid dienone is 3. The Morgan fingerprint density at radius 3 is 1.67 bits per heavy atom. The zero-order valence-corrected chi connectivity index (χ0v) is 13.8. The van der Waals surface area contributed by atoms with E-state index in [1.54, 1.807) is 6.92 Å². The van der Waals surface area contributed by atoms with Gasteiger partial charge in [-0.15, -0.1) is 6.92 Å². The molecule has 0 bridgehead atoms. The van der Waals surface area contributed by atoms with Crippen LogP contribution in [0.25, 0.3) is 0 Å². The average Bonchev–Trinajstić information content (AvgIpc) is 1.88. The topological polar surface area (TPSA) is 0 Å². The molecule has 0 atom stereocenters. The zero-order valence-electron chi connectivity index (χ0n) is 8.05. The van der Waals surface area contributed by atoms with Crippen molar-refractivity contribution in [1.82, 2.24) is 0 Å². The fourth-order valence-corrected chi connectivity index (χ4v) is 0.139. The third-order valence-electron chi connectivity index (χ3n) is 0.689. The van der Waals surface area contributed by atoms with E-state index in [4.69, 9.17) is 6.58 Å². The predicted octanol–water partition coefficient (Wildman–Crippen LogP) is 3.14. The van der Waals surface area contributed by atoms with Gasteiger partial charge in [0.15, 0.2) is 0 Å². The Labute approximate surface area is 117 Å². The van der Waals surface area contributed by atoms with Crippen LogP contribution in [0.2, 0.25) is 0 Å². The van der Waals surface area contributed by atoms with Crippen molar-refractivity contribution in [1.29, 1.82) is 0 Å². The van der Waals surface area contributed by atoms with Crippen LogP contribution in [0.4, 0.5) is 0 Å². The fraction of sp³-hybridized carbons (Fsp3) is 0.300. The second kappa shape index (κ2) is 17.9. The molecule has 0 saturated carbocycles. The van der Waals surface area contributed by atoms with Crippen LogP contribution in [0, 0.1) is 19.1 Å². The molecule has 0 fully saturated rings. The monoisotopic (exact) mass is 408 g/mol. The molecule has 0 rings (SSSR count). The van der Waals surface area contributed by atoms with Crippen molar-refractivity contribution >= 4 is 0 Å². The van der Waals surface area contributed by atoms with Crippen molar-refractivity contribution in [3.8, 4) is 0 Å². The minimum atomic E-state index is 0. The Hall–Kier alpha value is 1.01. The van der Waals surface area contributed by atoms with Crippen LogP contribution in [0.15, 0.2) is 24.3 Å². The predicted molar refractivity (Wildman–Crippen MR) is 47.1 cm³/mol. The summed E-state index contributed by atoms with van der Waals surface area (Å²) < 4.78 is 0. The van der Waals surface area contributed by atoms with E-state index in [0.29, 0.717) is 11.1 Å². The van der Waals surface area contributed by atoms with E-state index in [1.165, 1.54) is 0 Å². The molecular formula is C10H15WY-3.